The van der Waals surface area contributed by atoms with E-state index in [0.29, 0.717) is 13.2 Å². The Labute approximate surface area is 106 Å². The average Bonchev–Trinajstić information content (AvgIpc) is 2.39. The molecule has 0 spiro atoms. The predicted octanol–water partition coefficient (Wildman–Crippen LogP) is 1.03. The molecule has 0 aliphatic carbocycles. The minimum absolute atomic E-state index is 0.0311. The van der Waals surface area contributed by atoms with Gasteiger partial charge in [0.25, 0.3) is 0 Å². The van der Waals surface area contributed by atoms with Gasteiger partial charge in [-0.15, -0.1) is 0 Å². The van der Waals surface area contributed by atoms with E-state index in [4.69, 9.17) is 15.7 Å². The van der Waals surface area contributed by atoms with Crippen LogP contribution in [-0.2, 0) is 4.74 Å². The van der Waals surface area contributed by atoms with Gasteiger partial charge in [-0.2, -0.15) is 5.26 Å². The lowest BCUT2D eigenvalue weighted by Gasteiger charge is -2.39. The number of hydrogen-bond acceptors (Lipinski definition) is 4. The topological polar surface area (TPSA) is 62.3 Å². The van der Waals surface area contributed by atoms with Gasteiger partial charge in [0.05, 0.1) is 24.3 Å². The van der Waals surface area contributed by atoms with E-state index >= 15 is 0 Å². The Hall–Kier alpha value is -1.48. The third kappa shape index (κ3) is 2.36. The van der Waals surface area contributed by atoms with Crippen LogP contribution in [0.3, 0.4) is 0 Å². The molecular formula is C13H16FN3O. The van der Waals surface area contributed by atoms with Gasteiger partial charge in [-0.05, 0) is 24.7 Å². The zero-order valence-electron chi connectivity index (χ0n) is 10.3. The number of ether oxygens (including phenoxy) is 1. The van der Waals surface area contributed by atoms with Crippen LogP contribution in [0, 0.1) is 17.1 Å². The highest BCUT2D eigenvalue weighted by Gasteiger charge is 2.30. The van der Waals surface area contributed by atoms with Crippen molar-refractivity contribution in [2.24, 2.45) is 5.73 Å². The average molecular weight is 249 g/mol. The van der Waals surface area contributed by atoms with Gasteiger partial charge in [-0.3, -0.25) is 4.90 Å². The van der Waals surface area contributed by atoms with Crippen molar-refractivity contribution in [1.29, 1.82) is 5.26 Å². The van der Waals surface area contributed by atoms with E-state index in [9.17, 15) is 4.39 Å². The summed E-state index contributed by atoms with van der Waals surface area (Å²) in [6, 6.07) is 6.42. The number of hydrogen-bond donors (Lipinski definition) is 1. The quantitative estimate of drug-likeness (QED) is 0.850. The molecule has 1 fully saturated rings. The maximum atomic E-state index is 13.3. The molecule has 1 heterocycles. The summed E-state index contributed by atoms with van der Waals surface area (Å²) in [6.07, 6.45) is -0.124. The Balaban J connectivity index is 2.36. The number of rotatable bonds is 2. The molecule has 5 heteroatoms. The Morgan fingerprint density at radius 2 is 2.39 bits per heavy atom. The van der Waals surface area contributed by atoms with E-state index in [-0.39, 0.29) is 17.7 Å². The van der Waals surface area contributed by atoms with Gasteiger partial charge in [-0.25, -0.2) is 4.39 Å². The van der Waals surface area contributed by atoms with E-state index in [0.717, 1.165) is 12.1 Å². The van der Waals surface area contributed by atoms with Crippen LogP contribution in [0.15, 0.2) is 18.2 Å². The van der Waals surface area contributed by atoms with Crippen LogP contribution in [-0.4, -0.2) is 37.7 Å². The van der Waals surface area contributed by atoms with Crippen LogP contribution in [0.4, 0.5) is 4.39 Å². The second-order valence-corrected chi connectivity index (χ2v) is 4.42. The molecule has 2 rings (SSSR count). The van der Waals surface area contributed by atoms with Gasteiger partial charge in [0.2, 0.25) is 0 Å². The first-order chi connectivity index (χ1) is 8.67. The largest absolute Gasteiger partial charge is 0.374 e. The van der Waals surface area contributed by atoms with E-state index in [1.165, 1.54) is 6.07 Å². The van der Waals surface area contributed by atoms with Gasteiger partial charge in [-0.1, -0.05) is 6.07 Å². The van der Waals surface area contributed by atoms with Gasteiger partial charge in [0, 0.05) is 13.1 Å². The fraction of sp³-hybridized carbons (Fsp3) is 0.462. The summed E-state index contributed by atoms with van der Waals surface area (Å²) in [6.45, 7) is 1.83. The number of halogens is 1. The lowest BCUT2D eigenvalue weighted by Crippen LogP contribution is -2.46. The number of morpholine rings is 1. The summed E-state index contributed by atoms with van der Waals surface area (Å²) in [4.78, 5) is 2.12. The number of nitriles is 1. The van der Waals surface area contributed by atoms with Crippen molar-refractivity contribution in [2.45, 2.75) is 12.1 Å². The third-order valence-electron chi connectivity index (χ3n) is 3.29. The summed E-state index contributed by atoms with van der Waals surface area (Å²) >= 11 is 0. The Kier molecular flexibility index (Phi) is 3.92. The number of likely N-dealkylation sites (N-methyl/N-ethyl adjacent to an activating group) is 1. The number of nitrogens with two attached hydrogens (primary N) is 1. The maximum Gasteiger partial charge on any atom is 0.140 e. The van der Waals surface area contributed by atoms with Crippen LogP contribution >= 0.6 is 0 Å². The lowest BCUT2D eigenvalue weighted by molar-refractivity contribution is -0.0576. The SMILES string of the molecule is CN1CCOC(CN)C1c1ccc(F)c(C#N)c1. The van der Waals surface area contributed by atoms with Crippen molar-refractivity contribution in [3.05, 3.63) is 35.1 Å². The van der Waals surface area contributed by atoms with Crippen LogP contribution < -0.4 is 5.73 Å². The molecule has 1 saturated heterocycles. The monoisotopic (exact) mass is 249 g/mol. The molecule has 0 amide bonds. The van der Waals surface area contributed by atoms with Crippen LogP contribution in [0.2, 0.25) is 0 Å². The van der Waals surface area contributed by atoms with Gasteiger partial charge < -0.3 is 10.5 Å². The summed E-state index contributed by atoms with van der Waals surface area (Å²) in [5.74, 6) is -0.495. The highest BCUT2D eigenvalue weighted by Crippen LogP contribution is 2.28. The zero-order chi connectivity index (χ0) is 13.1. The molecule has 0 bridgehead atoms. The Morgan fingerprint density at radius 3 is 3.06 bits per heavy atom. The smallest absolute Gasteiger partial charge is 0.140 e. The normalized spacial score (nSPS) is 24.8. The van der Waals surface area contributed by atoms with Gasteiger partial charge in [0.1, 0.15) is 11.9 Å². The van der Waals surface area contributed by atoms with Crippen LogP contribution in [0.25, 0.3) is 0 Å². The van der Waals surface area contributed by atoms with Crippen LogP contribution in [0.1, 0.15) is 17.2 Å². The second kappa shape index (κ2) is 5.44. The molecule has 4 nitrogen and oxygen atoms in total. The molecule has 1 aliphatic rings. The summed E-state index contributed by atoms with van der Waals surface area (Å²) in [5, 5.41) is 8.87. The van der Waals surface area contributed by atoms with E-state index in [1.807, 2.05) is 13.1 Å². The maximum absolute atomic E-state index is 13.3. The van der Waals surface area contributed by atoms with Gasteiger partial charge in [0.15, 0.2) is 0 Å². The van der Waals surface area contributed by atoms with E-state index < -0.39 is 5.82 Å². The van der Waals surface area contributed by atoms with E-state index in [2.05, 4.69) is 4.90 Å². The van der Waals surface area contributed by atoms with E-state index in [1.54, 1.807) is 12.1 Å². The van der Waals surface area contributed by atoms with Crippen molar-refractivity contribution in [3.63, 3.8) is 0 Å². The van der Waals surface area contributed by atoms with Crippen molar-refractivity contribution < 1.29 is 9.13 Å². The minimum atomic E-state index is -0.495. The van der Waals surface area contributed by atoms with Crippen molar-refractivity contribution >= 4 is 0 Å². The Bertz CT molecular complexity index is 472. The van der Waals surface area contributed by atoms with Gasteiger partial charge >= 0.3 is 0 Å². The molecular weight excluding hydrogens is 233 g/mol. The highest BCUT2D eigenvalue weighted by atomic mass is 19.1. The van der Waals surface area contributed by atoms with Crippen LogP contribution in [0.5, 0.6) is 0 Å². The first-order valence-electron chi connectivity index (χ1n) is 5.89. The fourth-order valence-corrected chi connectivity index (χ4v) is 2.34. The lowest BCUT2D eigenvalue weighted by atomic mass is 9.97. The summed E-state index contributed by atoms with van der Waals surface area (Å²) in [5.41, 5.74) is 6.63. The molecule has 0 aromatic heterocycles. The number of benzene rings is 1. The highest BCUT2D eigenvalue weighted by molar-refractivity contribution is 5.36. The molecule has 2 atom stereocenters. The molecule has 18 heavy (non-hydrogen) atoms. The number of nitrogens with zero attached hydrogens (tertiary/aromatic N) is 2. The molecule has 1 aromatic carbocycles. The second-order valence-electron chi connectivity index (χ2n) is 4.42. The molecule has 0 radical (unpaired) electrons. The molecule has 96 valence electrons. The molecule has 0 saturated carbocycles. The molecule has 2 N–H and O–H groups in total. The van der Waals surface area contributed by atoms with Crippen molar-refractivity contribution in [3.8, 4) is 6.07 Å². The third-order valence-corrected chi connectivity index (χ3v) is 3.29. The minimum Gasteiger partial charge on any atom is -0.374 e. The van der Waals surface area contributed by atoms with Crippen molar-refractivity contribution in [1.82, 2.24) is 4.90 Å². The first kappa shape index (κ1) is 13.0. The fourth-order valence-electron chi connectivity index (χ4n) is 2.34. The van der Waals surface area contributed by atoms with Crippen molar-refractivity contribution in [2.75, 3.05) is 26.7 Å². The summed E-state index contributed by atoms with van der Waals surface area (Å²) < 4.78 is 18.9. The first-order valence-corrected chi connectivity index (χ1v) is 5.89. The Morgan fingerprint density at radius 1 is 1.61 bits per heavy atom. The molecule has 1 aromatic rings. The molecule has 2 unspecified atom stereocenters. The standard InChI is InChI=1S/C13H16FN3O/c1-17-4-5-18-12(8-16)13(17)9-2-3-11(14)10(6-9)7-15/h2-3,6,12-13H,4-5,8,16H2,1H3. The summed E-state index contributed by atoms with van der Waals surface area (Å²) in [7, 11) is 1.98. The zero-order valence-corrected chi connectivity index (χ0v) is 10.3. The molecule has 1 aliphatic heterocycles. The predicted molar refractivity (Wildman–Crippen MR) is 65.3 cm³/mol.